The van der Waals surface area contributed by atoms with Crippen LogP contribution in [0, 0.1) is 6.92 Å². The summed E-state index contributed by atoms with van der Waals surface area (Å²) in [6.45, 7) is 3.92. The van der Waals surface area contributed by atoms with Crippen molar-refractivity contribution in [3.05, 3.63) is 66.0 Å². The van der Waals surface area contributed by atoms with Crippen LogP contribution in [0.5, 0.6) is 0 Å². The molecule has 1 amide bonds. The highest BCUT2D eigenvalue weighted by molar-refractivity contribution is 7.99. The van der Waals surface area contributed by atoms with Crippen LogP contribution in [-0.4, -0.2) is 26.7 Å². The fraction of sp³-hybridized carbons (Fsp3) is 0.167. The third kappa shape index (κ3) is 3.33. The molecule has 0 aliphatic heterocycles. The summed E-state index contributed by atoms with van der Waals surface area (Å²) in [6, 6.07) is 17.4. The number of aromatic nitrogens is 3. The quantitative estimate of drug-likeness (QED) is 0.716. The molecule has 122 valence electrons. The fourth-order valence-corrected chi connectivity index (χ4v) is 3.15. The van der Waals surface area contributed by atoms with E-state index in [1.54, 1.807) is 16.4 Å². The minimum atomic E-state index is -0.251. The summed E-state index contributed by atoms with van der Waals surface area (Å²) in [4.78, 5) is 13.6. The Hall–Kier alpha value is -2.60. The molecule has 0 saturated carbocycles. The topological polar surface area (TPSA) is 59.8 Å². The van der Waals surface area contributed by atoms with Crippen molar-refractivity contribution in [1.82, 2.24) is 15.0 Å². The Labute approximate surface area is 145 Å². The number of benzene rings is 2. The molecule has 0 spiro atoms. The number of rotatable bonds is 5. The first kappa shape index (κ1) is 16.3. The normalized spacial score (nSPS) is 10.6. The largest absolute Gasteiger partial charge is 0.319 e. The Morgan fingerprint density at radius 1 is 1.12 bits per heavy atom. The summed E-state index contributed by atoms with van der Waals surface area (Å²) in [7, 11) is 0. The van der Waals surface area contributed by atoms with Crippen molar-refractivity contribution >= 4 is 23.4 Å². The van der Waals surface area contributed by atoms with E-state index in [9.17, 15) is 4.79 Å². The van der Waals surface area contributed by atoms with Crippen LogP contribution in [0.3, 0.4) is 0 Å². The van der Waals surface area contributed by atoms with E-state index in [2.05, 4.69) is 22.6 Å². The summed E-state index contributed by atoms with van der Waals surface area (Å²) in [5.41, 5.74) is 2.71. The molecule has 24 heavy (non-hydrogen) atoms. The Kier molecular flexibility index (Phi) is 4.96. The van der Waals surface area contributed by atoms with Gasteiger partial charge in [-0.3, -0.25) is 4.79 Å². The van der Waals surface area contributed by atoms with Gasteiger partial charge >= 0.3 is 0 Å². The number of para-hydroxylation sites is 2. The zero-order chi connectivity index (χ0) is 16.9. The van der Waals surface area contributed by atoms with Gasteiger partial charge in [-0.05, 0) is 36.9 Å². The minimum absolute atomic E-state index is 0.251. The van der Waals surface area contributed by atoms with Crippen molar-refractivity contribution < 1.29 is 4.79 Å². The molecule has 1 aromatic heterocycles. The van der Waals surface area contributed by atoms with Crippen LogP contribution in [0.4, 0.5) is 5.69 Å². The van der Waals surface area contributed by atoms with Gasteiger partial charge in [-0.25, -0.2) is 4.68 Å². The number of amides is 1. The molecular weight excluding hydrogens is 320 g/mol. The van der Waals surface area contributed by atoms with Gasteiger partial charge in [0.2, 0.25) is 0 Å². The van der Waals surface area contributed by atoms with Crippen molar-refractivity contribution in [3.8, 4) is 5.69 Å². The maximum absolute atomic E-state index is 12.6. The Balaban J connectivity index is 1.86. The SMILES string of the molecule is CCSc1ccccc1NC(=O)c1nnn(-c2ccccc2)c1C. The average molecular weight is 338 g/mol. The van der Waals surface area contributed by atoms with E-state index in [0.717, 1.165) is 22.0 Å². The smallest absolute Gasteiger partial charge is 0.278 e. The lowest BCUT2D eigenvalue weighted by molar-refractivity contribution is 0.102. The van der Waals surface area contributed by atoms with Crippen LogP contribution in [-0.2, 0) is 0 Å². The molecule has 0 radical (unpaired) electrons. The molecule has 1 N–H and O–H groups in total. The summed E-state index contributed by atoms with van der Waals surface area (Å²) in [5, 5.41) is 11.1. The van der Waals surface area contributed by atoms with Gasteiger partial charge < -0.3 is 5.32 Å². The van der Waals surface area contributed by atoms with Crippen LogP contribution in [0.1, 0.15) is 23.1 Å². The average Bonchev–Trinajstić information content (AvgIpc) is 2.99. The first-order valence-corrected chi connectivity index (χ1v) is 8.70. The second-order valence-corrected chi connectivity index (χ2v) is 6.46. The van der Waals surface area contributed by atoms with E-state index < -0.39 is 0 Å². The standard InChI is InChI=1S/C18H18N4OS/c1-3-24-16-12-8-7-11-15(16)19-18(23)17-13(2)22(21-20-17)14-9-5-4-6-10-14/h4-12H,3H2,1-2H3,(H,19,23). The van der Waals surface area contributed by atoms with E-state index in [-0.39, 0.29) is 5.91 Å². The lowest BCUT2D eigenvalue weighted by Gasteiger charge is -2.09. The molecule has 5 nitrogen and oxygen atoms in total. The van der Waals surface area contributed by atoms with Gasteiger partial charge in [0.25, 0.3) is 5.91 Å². The van der Waals surface area contributed by atoms with Crippen molar-refractivity contribution in [3.63, 3.8) is 0 Å². The fourth-order valence-electron chi connectivity index (χ4n) is 2.39. The van der Waals surface area contributed by atoms with E-state index in [0.29, 0.717) is 11.4 Å². The zero-order valence-corrected chi connectivity index (χ0v) is 14.4. The highest BCUT2D eigenvalue weighted by Crippen LogP contribution is 2.27. The highest BCUT2D eigenvalue weighted by Gasteiger charge is 2.18. The number of thioether (sulfide) groups is 1. The Bertz CT molecular complexity index is 845. The molecule has 0 aliphatic carbocycles. The molecule has 2 aromatic carbocycles. The summed E-state index contributed by atoms with van der Waals surface area (Å²) in [6.07, 6.45) is 0. The summed E-state index contributed by atoms with van der Waals surface area (Å²) >= 11 is 1.69. The number of carbonyl (C=O) groups is 1. The number of nitrogens with one attached hydrogen (secondary N) is 1. The Morgan fingerprint density at radius 3 is 2.58 bits per heavy atom. The number of nitrogens with zero attached hydrogens (tertiary/aromatic N) is 3. The van der Waals surface area contributed by atoms with Gasteiger partial charge in [0, 0.05) is 4.90 Å². The molecule has 3 aromatic rings. The number of hydrogen-bond donors (Lipinski definition) is 1. The molecular formula is C18H18N4OS. The predicted molar refractivity (Wildman–Crippen MR) is 96.9 cm³/mol. The van der Waals surface area contributed by atoms with Crippen molar-refractivity contribution in [2.45, 2.75) is 18.7 Å². The van der Waals surface area contributed by atoms with Crippen LogP contribution in [0.2, 0.25) is 0 Å². The predicted octanol–water partition coefficient (Wildman–Crippen LogP) is 3.94. The Morgan fingerprint density at radius 2 is 1.83 bits per heavy atom. The maximum atomic E-state index is 12.6. The van der Waals surface area contributed by atoms with E-state index in [1.165, 1.54) is 0 Å². The monoisotopic (exact) mass is 338 g/mol. The third-order valence-electron chi connectivity index (χ3n) is 3.55. The third-order valence-corrected chi connectivity index (χ3v) is 4.50. The van der Waals surface area contributed by atoms with Crippen LogP contribution in [0.15, 0.2) is 59.5 Å². The number of hydrogen-bond acceptors (Lipinski definition) is 4. The van der Waals surface area contributed by atoms with E-state index in [4.69, 9.17) is 0 Å². The zero-order valence-electron chi connectivity index (χ0n) is 13.6. The number of carbonyl (C=O) groups excluding carboxylic acids is 1. The van der Waals surface area contributed by atoms with E-state index >= 15 is 0 Å². The van der Waals surface area contributed by atoms with E-state index in [1.807, 2.05) is 61.5 Å². The van der Waals surface area contributed by atoms with Gasteiger partial charge in [-0.2, -0.15) is 0 Å². The summed E-state index contributed by atoms with van der Waals surface area (Å²) < 4.78 is 1.67. The lowest BCUT2D eigenvalue weighted by Crippen LogP contribution is -2.14. The van der Waals surface area contributed by atoms with Crippen LogP contribution >= 0.6 is 11.8 Å². The van der Waals surface area contributed by atoms with Crippen molar-refractivity contribution in [2.75, 3.05) is 11.1 Å². The van der Waals surface area contributed by atoms with Crippen molar-refractivity contribution in [2.24, 2.45) is 0 Å². The lowest BCUT2D eigenvalue weighted by atomic mass is 10.2. The molecule has 6 heteroatoms. The van der Waals surface area contributed by atoms with Gasteiger partial charge in [0.1, 0.15) is 0 Å². The molecule has 0 aliphatic rings. The van der Waals surface area contributed by atoms with Crippen LogP contribution in [0.25, 0.3) is 5.69 Å². The second-order valence-electron chi connectivity index (χ2n) is 5.15. The molecule has 0 bridgehead atoms. The maximum Gasteiger partial charge on any atom is 0.278 e. The molecule has 0 unspecified atom stereocenters. The summed E-state index contributed by atoms with van der Waals surface area (Å²) in [5.74, 6) is 0.689. The number of anilines is 1. The molecule has 0 saturated heterocycles. The highest BCUT2D eigenvalue weighted by atomic mass is 32.2. The van der Waals surface area contributed by atoms with Gasteiger partial charge in [0.15, 0.2) is 5.69 Å². The molecule has 1 heterocycles. The van der Waals surface area contributed by atoms with Crippen molar-refractivity contribution in [1.29, 1.82) is 0 Å². The minimum Gasteiger partial charge on any atom is -0.319 e. The van der Waals surface area contributed by atoms with Gasteiger partial charge in [-0.1, -0.05) is 42.5 Å². The first-order valence-electron chi connectivity index (χ1n) is 7.71. The molecule has 0 fully saturated rings. The first-order chi connectivity index (χ1) is 11.7. The van der Waals surface area contributed by atoms with Gasteiger partial charge in [-0.15, -0.1) is 16.9 Å². The molecule has 3 rings (SSSR count). The van der Waals surface area contributed by atoms with Crippen LogP contribution < -0.4 is 5.32 Å². The second kappa shape index (κ2) is 7.31. The molecule has 0 atom stereocenters. The van der Waals surface area contributed by atoms with Gasteiger partial charge in [0.05, 0.1) is 17.1 Å².